The number of rotatable bonds is 7. The average Bonchev–Trinajstić information content (AvgIpc) is 3.86. The van der Waals surface area contributed by atoms with Crippen molar-refractivity contribution in [2.45, 2.75) is 93.6 Å². The lowest BCUT2D eigenvalue weighted by Gasteiger charge is -2.29. The molecule has 0 aromatic rings. The van der Waals surface area contributed by atoms with Gasteiger partial charge in [-0.05, 0) is 77.3 Å². The van der Waals surface area contributed by atoms with Crippen LogP contribution in [0, 0.1) is 53.3 Å². The van der Waals surface area contributed by atoms with E-state index in [1.165, 1.54) is 6.92 Å². The number of nitrogens with zero attached hydrogens (tertiary/aromatic N) is 9. The van der Waals surface area contributed by atoms with Crippen LogP contribution >= 0.6 is 0 Å². The molecule has 0 saturated heterocycles. The number of carbonyl (C=O) groups is 1. The van der Waals surface area contributed by atoms with Crippen molar-refractivity contribution in [2.24, 2.45) is 80.1 Å². The van der Waals surface area contributed by atoms with Crippen molar-refractivity contribution in [1.29, 1.82) is 0 Å². The van der Waals surface area contributed by atoms with E-state index in [9.17, 15) is 26.4 Å². The second-order valence-corrected chi connectivity index (χ2v) is 15.4. The Morgan fingerprint density at radius 3 is 1.91 bits per heavy atom. The molecule has 262 valence electrons. The summed E-state index contributed by atoms with van der Waals surface area (Å²) >= 11 is 0. The van der Waals surface area contributed by atoms with E-state index in [0.717, 1.165) is 6.42 Å². The van der Waals surface area contributed by atoms with Crippen LogP contribution in [0.5, 0.6) is 0 Å². The topological polar surface area (TPSA) is 319 Å². The summed E-state index contributed by atoms with van der Waals surface area (Å²) in [7, 11) is -5.67. The number of hydrogen-bond acceptors (Lipinski definition) is 11. The molecule has 0 aromatic carbocycles. The Morgan fingerprint density at radius 1 is 0.936 bits per heavy atom. The molecule has 6 fully saturated rings. The van der Waals surface area contributed by atoms with Gasteiger partial charge in [0.25, 0.3) is 0 Å². The van der Waals surface area contributed by atoms with E-state index in [0.29, 0.717) is 24.2 Å². The number of aliphatic carboxylic acids is 1. The number of alkyl halides is 3. The fraction of sp³-hybridized carbons (Fsp3) is 0.960. The Labute approximate surface area is 267 Å². The Balaban J connectivity index is 0.000000162. The highest BCUT2D eigenvalue weighted by Crippen LogP contribution is 2.65. The zero-order valence-corrected chi connectivity index (χ0v) is 26.6. The molecule has 22 heteroatoms. The van der Waals surface area contributed by atoms with Gasteiger partial charge in [0.2, 0.25) is 0 Å². The number of carboxylic acids is 1. The molecule has 6 saturated carbocycles. The third-order valence-corrected chi connectivity index (χ3v) is 12.7. The molecule has 47 heavy (non-hydrogen) atoms. The number of aliphatic hydroxyl groups excluding tert-OH is 1. The number of hydrogen-bond donors (Lipinski definition) is 5. The molecule has 0 heterocycles. The quantitative estimate of drug-likeness (QED) is 0.0651. The van der Waals surface area contributed by atoms with Crippen molar-refractivity contribution in [3.05, 3.63) is 31.3 Å². The molecule has 6 aliphatic carbocycles. The number of fused-ring (bicyclic) bond motifs is 3. The monoisotopic (exact) mass is 693 g/mol. The molecule has 6 rings (SSSR count). The first-order valence-electron chi connectivity index (χ1n) is 14.9. The van der Waals surface area contributed by atoms with Crippen molar-refractivity contribution in [1.82, 2.24) is 0 Å². The van der Waals surface area contributed by atoms with Crippen LogP contribution in [0.2, 0.25) is 0 Å². The summed E-state index contributed by atoms with van der Waals surface area (Å²) < 4.78 is 63.2. The molecule has 0 amide bonds. The first kappa shape index (κ1) is 36.8. The largest absolute Gasteiger partial charge is 0.523 e. The van der Waals surface area contributed by atoms with E-state index in [1.807, 2.05) is 13.8 Å². The van der Waals surface area contributed by atoms with Crippen LogP contribution in [0.15, 0.2) is 15.3 Å². The molecular weight excluding hydrogens is 655 g/mol. The molecule has 0 aliphatic heterocycles. The van der Waals surface area contributed by atoms with E-state index in [4.69, 9.17) is 43.4 Å². The Morgan fingerprint density at radius 2 is 1.45 bits per heavy atom. The van der Waals surface area contributed by atoms with Gasteiger partial charge in [-0.3, -0.25) is 8.98 Å². The highest BCUT2D eigenvalue weighted by molar-refractivity contribution is 7.87. The minimum Gasteiger partial charge on any atom is -0.480 e. The van der Waals surface area contributed by atoms with Crippen molar-refractivity contribution >= 4 is 16.1 Å². The fourth-order valence-electron chi connectivity index (χ4n) is 9.01. The van der Waals surface area contributed by atoms with E-state index < -0.39 is 68.5 Å². The second-order valence-electron chi connectivity index (χ2n) is 13.9. The highest BCUT2D eigenvalue weighted by atomic mass is 32.2. The maximum atomic E-state index is 12.3. The highest BCUT2D eigenvalue weighted by Gasteiger charge is 2.72. The zero-order chi connectivity index (χ0) is 35.7. The van der Waals surface area contributed by atoms with Crippen LogP contribution in [0.25, 0.3) is 31.3 Å². The van der Waals surface area contributed by atoms with Gasteiger partial charge in [0, 0.05) is 38.7 Å². The van der Waals surface area contributed by atoms with Crippen LogP contribution in [-0.4, -0.2) is 76.3 Å². The number of aliphatic hydroxyl groups is 2. The van der Waals surface area contributed by atoms with Crippen molar-refractivity contribution in [3.63, 3.8) is 0 Å². The summed E-state index contributed by atoms with van der Waals surface area (Å²) in [6.07, 6.45) is -1.28. The van der Waals surface area contributed by atoms with Gasteiger partial charge in [-0.15, -0.1) is 0 Å². The maximum absolute atomic E-state index is 12.3. The van der Waals surface area contributed by atoms with Gasteiger partial charge in [0.1, 0.15) is 5.54 Å². The zero-order valence-electron chi connectivity index (χ0n) is 25.8. The SMILES string of the molecule is C[C@H]1C2CC(N=[N+]=[N-])C(C)(N=[N+]=[N-])C21.C[C@H]1C2CC(OS(=O)(=O)C(F)(F)F)C(C)(N=[N+]=[N-])C21.NC1CC2C(C(O)O)C2C1(N)C(=O)O. The first-order chi connectivity index (χ1) is 21.6. The Bertz CT molecular complexity index is 1540. The van der Waals surface area contributed by atoms with Crippen LogP contribution in [0.1, 0.15) is 47.0 Å². The summed E-state index contributed by atoms with van der Waals surface area (Å²) in [5.41, 5.74) is 28.1. The van der Waals surface area contributed by atoms with Crippen molar-refractivity contribution in [3.8, 4) is 0 Å². The minimum atomic E-state index is -5.67. The average molecular weight is 694 g/mol. The number of azide groups is 3. The molecule has 0 aromatic heterocycles. The molecular formula is C25H38F3N11O7S. The predicted molar refractivity (Wildman–Crippen MR) is 155 cm³/mol. The fourth-order valence-corrected chi connectivity index (χ4v) is 9.70. The van der Waals surface area contributed by atoms with E-state index >= 15 is 0 Å². The molecule has 15 atom stereocenters. The molecule has 18 nitrogen and oxygen atoms in total. The summed E-state index contributed by atoms with van der Waals surface area (Å²) in [6, 6.07) is -0.750. The maximum Gasteiger partial charge on any atom is 0.523 e. The van der Waals surface area contributed by atoms with E-state index in [2.05, 4.69) is 41.2 Å². The lowest BCUT2D eigenvalue weighted by molar-refractivity contribution is -0.145. The molecule has 13 unspecified atom stereocenters. The second kappa shape index (κ2) is 12.1. The normalized spacial score (nSPS) is 46.4. The van der Waals surface area contributed by atoms with Gasteiger partial charge in [0.15, 0.2) is 6.29 Å². The summed E-state index contributed by atoms with van der Waals surface area (Å²) in [6.45, 7) is 7.39. The Kier molecular flexibility index (Phi) is 9.48. The number of nitrogens with two attached hydrogens (primary N) is 2. The minimum absolute atomic E-state index is 0.0453. The molecule has 7 N–H and O–H groups in total. The smallest absolute Gasteiger partial charge is 0.480 e. The number of carboxylic acid groups (broad SMARTS) is 1. The third-order valence-electron chi connectivity index (χ3n) is 11.7. The summed E-state index contributed by atoms with van der Waals surface area (Å²) in [5.74, 6) is -0.298. The molecule has 6 aliphatic rings. The lowest BCUT2D eigenvalue weighted by atomic mass is 9.87. The van der Waals surface area contributed by atoms with Crippen LogP contribution in [-0.2, 0) is 19.1 Å². The standard InChI is InChI=1S/C9H12F3N3O3S.C8H12N6.C8H14N2O4/c1-4-5-3-6(8(2,7(4)5)14-15-13)18-19(16,17)9(10,11)12;1-4-5-3-6(11-13-9)8(2,7(4)5)12-14-10;9-3-1-2-4(6(11)12)5(2)8(3,10)7(13)14/h4-7H,3H2,1-2H3;4-7H,3H2,1-2H3;2-6,11-12H,1,9-10H2,(H,13,14)/t2*4-,5?,6?,7?,8?;/m00./s1. The summed E-state index contributed by atoms with van der Waals surface area (Å²) in [5, 5.41) is 38.0. The van der Waals surface area contributed by atoms with Gasteiger partial charge in [-0.25, -0.2) is 0 Å². The summed E-state index contributed by atoms with van der Waals surface area (Å²) in [4.78, 5) is 19.3. The number of halogens is 3. The first-order valence-corrected chi connectivity index (χ1v) is 16.3. The molecule has 0 radical (unpaired) electrons. The molecule has 0 spiro atoms. The van der Waals surface area contributed by atoms with Crippen LogP contribution in [0.3, 0.4) is 0 Å². The van der Waals surface area contributed by atoms with E-state index in [1.54, 1.807) is 0 Å². The Hall–Kier alpha value is -3.06. The van der Waals surface area contributed by atoms with Gasteiger partial charge >= 0.3 is 21.6 Å². The third kappa shape index (κ3) is 5.95. The lowest BCUT2D eigenvalue weighted by Crippen LogP contribution is -2.61. The van der Waals surface area contributed by atoms with Gasteiger partial charge in [-0.1, -0.05) is 43.0 Å². The van der Waals surface area contributed by atoms with Gasteiger partial charge in [0.05, 0.1) is 17.2 Å². The van der Waals surface area contributed by atoms with Crippen molar-refractivity contribution in [2.75, 3.05) is 0 Å². The van der Waals surface area contributed by atoms with Crippen LogP contribution < -0.4 is 11.5 Å². The van der Waals surface area contributed by atoms with Gasteiger partial charge < -0.3 is 26.8 Å². The predicted octanol–water partition coefficient (Wildman–Crippen LogP) is 3.27. The molecule has 0 bridgehead atoms. The van der Waals surface area contributed by atoms with Crippen molar-refractivity contribution < 1.29 is 45.9 Å². The van der Waals surface area contributed by atoms with Gasteiger partial charge in [-0.2, -0.15) is 21.6 Å². The van der Waals surface area contributed by atoms with E-state index in [-0.39, 0.29) is 36.1 Å². The van der Waals surface area contributed by atoms with Crippen LogP contribution in [0.4, 0.5) is 13.2 Å².